The second kappa shape index (κ2) is 5.98. The number of nitrogens with zero attached hydrogens (tertiary/aromatic N) is 4. The van der Waals surface area contributed by atoms with Gasteiger partial charge in [-0.1, -0.05) is 0 Å². The van der Waals surface area contributed by atoms with E-state index < -0.39 is 10.2 Å². The Bertz CT molecular complexity index is 576. The first-order valence-corrected chi connectivity index (χ1v) is 8.02. The SMILES string of the molecule is Cc1nnc(NS(=O)(=O)N2CCCC(CN)C2)nc1C. The Kier molecular flexibility index (Phi) is 4.51. The predicted molar refractivity (Wildman–Crippen MR) is 75.2 cm³/mol. The summed E-state index contributed by atoms with van der Waals surface area (Å²) in [4.78, 5) is 4.08. The van der Waals surface area contributed by atoms with Crippen LogP contribution in [0.5, 0.6) is 0 Å². The summed E-state index contributed by atoms with van der Waals surface area (Å²) in [5.41, 5.74) is 6.95. The van der Waals surface area contributed by atoms with Crippen molar-refractivity contribution in [1.82, 2.24) is 19.5 Å². The van der Waals surface area contributed by atoms with Gasteiger partial charge in [0.05, 0.1) is 11.4 Å². The third-order valence-electron chi connectivity index (χ3n) is 3.47. The van der Waals surface area contributed by atoms with Crippen molar-refractivity contribution in [2.24, 2.45) is 11.7 Å². The molecule has 1 fully saturated rings. The van der Waals surface area contributed by atoms with Crippen LogP contribution in [0.2, 0.25) is 0 Å². The fraction of sp³-hybridized carbons (Fsp3) is 0.727. The van der Waals surface area contributed by atoms with Crippen LogP contribution in [0.4, 0.5) is 5.95 Å². The summed E-state index contributed by atoms with van der Waals surface area (Å²) in [6.07, 6.45) is 1.78. The fourth-order valence-electron chi connectivity index (χ4n) is 2.12. The van der Waals surface area contributed by atoms with E-state index in [9.17, 15) is 8.42 Å². The van der Waals surface area contributed by atoms with Crippen LogP contribution in [-0.2, 0) is 10.2 Å². The Balaban J connectivity index is 2.12. The van der Waals surface area contributed by atoms with Gasteiger partial charge in [0.15, 0.2) is 0 Å². The number of hydrogen-bond donors (Lipinski definition) is 2. The Labute approximate surface area is 119 Å². The van der Waals surface area contributed by atoms with Crippen LogP contribution in [0, 0.1) is 19.8 Å². The van der Waals surface area contributed by atoms with E-state index in [-0.39, 0.29) is 11.9 Å². The highest BCUT2D eigenvalue weighted by molar-refractivity contribution is 7.90. The van der Waals surface area contributed by atoms with Gasteiger partial charge in [0.2, 0.25) is 0 Å². The van der Waals surface area contributed by atoms with Crippen molar-refractivity contribution in [3.63, 3.8) is 0 Å². The topological polar surface area (TPSA) is 114 Å². The van der Waals surface area contributed by atoms with Crippen LogP contribution in [0.3, 0.4) is 0 Å². The standard InChI is InChI=1S/C11H20N6O2S/c1-8-9(2)14-15-11(13-8)16-20(18,19)17-5-3-4-10(6-12)7-17/h10H,3-7,12H2,1-2H3,(H,13,15,16). The third-order valence-corrected chi connectivity index (χ3v) is 4.92. The van der Waals surface area contributed by atoms with Crippen LogP contribution in [0.1, 0.15) is 24.2 Å². The quantitative estimate of drug-likeness (QED) is 0.797. The van der Waals surface area contributed by atoms with Gasteiger partial charge in [-0.25, -0.2) is 9.71 Å². The van der Waals surface area contributed by atoms with Gasteiger partial charge < -0.3 is 5.73 Å². The molecule has 0 aliphatic carbocycles. The molecule has 9 heteroatoms. The molecule has 0 spiro atoms. The number of aromatic nitrogens is 3. The molecule has 112 valence electrons. The lowest BCUT2D eigenvalue weighted by atomic mass is 10.0. The second-order valence-electron chi connectivity index (χ2n) is 5.02. The minimum atomic E-state index is -3.65. The van der Waals surface area contributed by atoms with Gasteiger partial charge in [-0.05, 0) is 39.2 Å². The molecule has 0 amide bonds. The molecule has 1 unspecified atom stereocenters. The van der Waals surface area contributed by atoms with Crippen molar-refractivity contribution >= 4 is 16.2 Å². The zero-order valence-corrected chi connectivity index (χ0v) is 12.5. The average molecular weight is 300 g/mol. The third kappa shape index (κ3) is 3.41. The minimum absolute atomic E-state index is 0.00275. The molecule has 20 heavy (non-hydrogen) atoms. The normalized spacial score (nSPS) is 20.9. The van der Waals surface area contributed by atoms with Gasteiger partial charge in [-0.15, -0.1) is 5.10 Å². The van der Waals surface area contributed by atoms with E-state index in [2.05, 4.69) is 19.9 Å². The van der Waals surface area contributed by atoms with E-state index in [0.29, 0.717) is 31.0 Å². The monoisotopic (exact) mass is 300 g/mol. The lowest BCUT2D eigenvalue weighted by Crippen LogP contribution is -2.44. The maximum absolute atomic E-state index is 12.3. The van der Waals surface area contributed by atoms with E-state index in [0.717, 1.165) is 12.8 Å². The molecule has 1 aromatic rings. The Morgan fingerprint density at radius 3 is 2.75 bits per heavy atom. The molecule has 0 bridgehead atoms. The number of nitrogens with one attached hydrogen (secondary N) is 1. The van der Waals surface area contributed by atoms with E-state index in [1.165, 1.54) is 4.31 Å². The summed E-state index contributed by atoms with van der Waals surface area (Å²) >= 11 is 0. The van der Waals surface area contributed by atoms with Gasteiger partial charge in [-0.2, -0.15) is 17.8 Å². The van der Waals surface area contributed by atoms with E-state index in [4.69, 9.17) is 5.73 Å². The molecule has 0 saturated carbocycles. The van der Waals surface area contributed by atoms with Gasteiger partial charge in [0, 0.05) is 13.1 Å². The van der Waals surface area contributed by atoms with Crippen LogP contribution in [-0.4, -0.2) is 47.5 Å². The van der Waals surface area contributed by atoms with Crippen molar-refractivity contribution in [2.75, 3.05) is 24.4 Å². The summed E-state index contributed by atoms with van der Waals surface area (Å²) < 4.78 is 28.3. The average Bonchev–Trinajstić information content (AvgIpc) is 2.43. The minimum Gasteiger partial charge on any atom is -0.330 e. The van der Waals surface area contributed by atoms with E-state index in [1.54, 1.807) is 13.8 Å². The molecule has 1 aromatic heterocycles. The Morgan fingerprint density at radius 1 is 1.35 bits per heavy atom. The zero-order valence-electron chi connectivity index (χ0n) is 11.7. The van der Waals surface area contributed by atoms with Gasteiger partial charge in [0.25, 0.3) is 5.95 Å². The molecule has 8 nitrogen and oxygen atoms in total. The van der Waals surface area contributed by atoms with Crippen molar-refractivity contribution in [3.8, 4) is 0 Å². The summed E-state index contributed by atoms with van der Waals surface area (Å²) in [5, 5.41) is 7.62. The lowest BCUT2D eigenvalue weighted by molar-refractivity contribution is 0.272. The molecule has 2 rings (SSSR count). The summed E-state index contributed by atoms with van der Waals surface area (Å²) in [5.74, 6) is 0.210. The first kappa shape index (κ1) is 15.1. The lowest BCUT2D eigenvalue weighted by Gasteiger charge is -2.30. The molecule has 1 saturated heterocycles. The van der Waals surface area contributed by atoms with Crippen LogP contribution in [0.15, 0.2) is 0 Å². The number of nitrogens with two attached hydrogens (primary N) is 1. The fourth-order valence-corrected chi connectivity index (χ4v) is 3.34. The largest absolute Gasteiger partial charge is 0.330 e. The number of aryl methyl sites for hydroxylation is 2. The number of hydrogen-bond acceptors (Lipinski definition) is 6. The molecule has 0 aromatic carbocycles. The number of piperidine rings is 1. The van der Waals surface area contributed by atoms with Crippen molar-refractivity contribution in [3.05, 3.63) is 11.4 Å². The predicted octanol–water partition coefficient (Wildman–Crippen LogP) is -0.184. The van der Waals surface area contributed by atoms with Crippen LogP contribution in [0.25, 0.3) is 0 Å². The number of anilines is 1. The first-order chi connectivity index (χ1) is 9.42. The summed E-state index contributed by atoms with van der Waals surface area (Å²) in [6, 6.07) is 0. The zero-order chi connectivity index (χ0) is 14.8. The summed E-state index contributed by atoms with van der Waals surface area (Å²) in [6.45, 7) is 4.94. The van der Waals surface area contributed by atoms with Crippen molar-refractivity contribution in [2.45, 2.75) is 26.7 Å². The highest BCUT2D eigenvalue weighted by Crippen LogP contribution is 2.19. The maximum atomic E-state index is 12.3. The number of rotatable bonds is 4. The molecule has 1 aliphatic rings. The molecule has 2 heterocycles. The van der Waals surface area contributed by atoms with E-state index >= 15 is 0 Å². The van der Waals surface area contributed by atoms with Gasteiger partial charge in [0.1, 0.15) is 0 Å². The highest BCUT2D eigenvalue weighted by Gasteiger charge is 2.29. The molecular weight excluding hydrogens is 280 g/mol. The van der Waals surface area contributed by atoms with Crippen molar-refractivity contribution < 1.29 is 8.42 Å². The summed E-state index contributed by atoms with van der Waals surface area (Å²) in [7, 11) is -3.65. The molecule has 0 radical (unpaired) electrons. The van der Waals surface area contributed by atoms with E-state index in [1.807, 2.05) is 0 Å². The van der Waals surface area contributed by atoms with Gasteiger partial charge in [-0.3, -0.25) is 0 Å². The van der Waals surface area contributed by atoms with Gasteiger partial charge >= 0.3 is 10.2 Å². The molecule has 1 aliphatic heterocycles. The van der Waals surface area contributed by atoms with Crippen LogP contribution >= 0.6 is 0 Å². The molecule has 1 atom stereocenters. The molecular formula is C11H20N6O2S. The Hall–Kier alpha value is -1.32. The molecule has 3 N–H and O–H groups in total. The smallest absolute Gasteiger partial charge is 0.304 e. The maximum Gasteiger partial charge on any atom is 0.304 e. The van der Waals surface area contributed by atoms with Crippen molar-refractivity contribution in [1.29, 1.82) is 0 Å². The Morgan fingerprint density at radius 2 is 2.10 bits per heavy atom. The van der Waals surface area contributed by atoms with Crippen LogP contribution < -0.4 is 10.5 Å². The second-order valence-corrected chi connectivity index (χ2v) is 6.69. The highest BCUT2D eigenvalue weighted by atomic mass is 32.2. The first-order valence-electron chi connectivity index (χ1n) is 6.58.